The number of carbonyl (C=O) groups excluding carboxylic acids is 1. The Kier molecular flexibility index (Phi) is 1.51. The molecule has 1 N–H and O–H groups in total. The van der Waals surface area contributed by atoms with Gasteiger partial charge >= 0.3 is 0 Å². The Morgan fingerprint density at radius 2 is 2.62 bits per heavy atom. The van der Waals surface area contributed by atoms with E-state index in [0.29, 0.717) is 0 Å². The lowest BCUT2D eigenvalue weighted by Crippen LogP contribution is -2.23. The van der Waals surface area contributed by atoms with Crippen molar-refractivity contribution in [1.82, 2.24) is 5.32 Å². The molecule has 0 bridgehead atoms. The summed E-state index contributed by atoms with van der Waals surface area (Å²) >= 11 is 0. The first-order chi connectivity index (χ1) is 3.84. The van der Waals surface area contributed by atoms with Gasteiger partial charge in [-0.05, 0) is 19.8 Å². The van der Waals surface area contributed by atoms with Crippen LogP contribution in [0.3, 0.4) is 0 Å². The largest absolute Gasteiger partial charge is 0.356 e. The molecule has 1 unspecified atom stereocenters. The highest BCUT2D eigenvalue weighted by atomic mass is 16.2. The highest BCUT2D eigenvalue weighted by Gasteiger charge is 2.29. The van der Waals surface area contributed by atoms with Gasteiger partial charge in [-0.25, -0.2) is 0 Å². The number of carbonyl (C=O) groups is 1. The van der Waals surface area contributed by atoms with Crippen LogP contribution < -0.4 is 5.32 Å². The fraction of sp³-hybridized carbons (Fsp3) is 0.667. The summed E-state index contributed by atoms with van der Waals surface area (Å²) < 4.78 is 0. The number of rotatable bonds is 2. The molecule has 45 valence electrons. The van der Waals surface area contributed by atoms with Gasteiger partial charge in [0.15, 0.2) is 0 Å². The maximum absolute atomic E-state index is 10.7. The smallest absolute Gasteiger partial charge is 0.223 e. The molecule has 0 saturated heterocycles. The highest BCUT2D eigenvalue weighted by molar-refractivity contribution is 5.82. The average molecular weight is 112 g/mol. The molecular formula is C6H10NO. The molecule has 2 heteroatoms. The predicted octanol–water partition coefficient (Wildman–Crippen LogP) is 0.347. The van der Waals surface area contributed by atoms with E-state index in [4.69, 9.17) is 0 Å². The minimum Gasteiger partial charge on any atom is -0.356 e. The highest BCUT2D eigenvalue weighted by Crippen LogP contribution is 2.26. The Balaban J connectivity index is 2.13. The average Bonchev–Trinajstić information content (AvgIpc) is 2.45. The van der Waals surface area contributed by atoms with Gasteiger partial charge in [-0.15, -0.1) is 0 Å². The first-order valence-electron chi connectivity index (χ1n) is 2.95. The Bertz CT molecular complexity index is 96.7. The third-order valence-electron chi connectivity index (χ3n) is 1.16. The van der Waals surface area contributed by atoms with Crippen LogP contribution in [0.25, 0.3) is 0 Å². The molecule has 1 aliphatic carbocycles. The second kappa shape index (κ2) is 2.16. The van der Waals surface area contributed by atoms with Crippen LogP contribution in [0.15, 0.2) is 0 Å². The molecule has 1 fully saturated rings. The SMILES string of the molecule is CCNC(=O)C1[CH]C1. The number of amides is 1. The zero-order chi connectivity index (χ0) is 5.98. The molecule has 0 aromatic carbocycles. The van der Waals surface area contributed by atoms with Crippen molar-refractivity contribution in [1.29, 1.82) is 0 Å². The summed E-state index contributed by atoms with van der Waals surface area (Å²) in [6, 6.07) is 0. The van der Waals surface area contributed by atoms with Crippen LogP contribution in [0.5, 0.6) is 0 Å². The first kappa shape index (κ1) is 5.60. The maximum atomic E-state index is 10.7. The number of hydrogen-bond acceptors (Lipinski definition) is 1. The van der Waals surface area contributed by atoms with E-state index < -0.39 is 0 Å². The molecular weight excluding hydrogens is 102 g/mol. The van der Waals surface area contributed by atoms with Crippen LogP contribution in [0, 0.1) is 12.3 Å². The molecule has 0 aromatic heterocycles. The Morgan fingerprint density at radius 1 is 2.00 bits per heavy atom. The molecule has 0 heterocycles. The summed E-state index contributed by atoms with van der Waals surface area (Å²) in [4.78, 5) is 10.7. The van der Waals surface area contributed by atoms with Crippen molar-refractivity contribution in [3.8, 4) is 0 Å². The van der Waals surface area contributed by atoms with Gasteiger partial charge in [0.2, 0.25) is 5.91 Å². The van der Waals surface area contributed by atoms with E-state index in [9.17, 15) is 4.79 Å². The van der Waals surface area contributed by atoms with Crippen LogP contribution in [0.2, 0.25) is 0 Å². The van der Waals surface area contributed by atoms with Crippen LogP contribution in [0.4, 0.5) is 0 Å². The Hall–Kier alpha value is -0.530. The van der Waals surface area contributed by atoms with Gasteiger partial charge in [-0.2, -0.15) is 0 Å². The quantitative estimate of drug-likeness (QED) is 0.548. The van der Waals surface area contributed by atoms with E-state index in [1.165, 1.54) is 0 Å². The summed E-state index contributed by atoms with van der Waals surface area (Å²) in [5.74, 6) is 0.433. The molecule has 1 atom stereocenters. The van der Waals surface area contributed by atoms with E-state index >= 15 is 0 Å². The van der Waals surface area contributed by atoms with Crippen LogP contribution in [-0.4, -0.2) is 12.5 Å². The third kappa shape index (κ3) is 1.22. The fourth-order valence-electron chi connectivity index (χ4n) is 0.587. The van der Waals surface area contributed by atoms with E-state index in [1.54, 1.807) is 0 Å². The van der Waals surface area contributed by atoms with E-state index in [0.717, 1.165) is 13.0 Å². The normalized spacial score (nSPS) is 18.1. The zero-order valence-electron chi connectivity index (χ0n) is 4.98. The molecule has 1 rings (SSSR count). The molecule has 1 aliphatic rings. The summed E-state index contributed by atoms with van der Waals surface area (Å²) in [7, 11) is 0. The van der Waals surface area contributed by atoms with Crippen molar-refractivity contribution in [3.63, 3.8) is 0 Å². The van der Waals surface area contributed by atoms with Crippen molar-refractivity contribution in [2.75, 3.05) is 6.54 Å². The molecule has 8 heavy (non-hydrogen) atoms. The molecule has 0 aromatic rings. The third-order valence-corrected chi connectivity index (χ3v) is 1.16. The Labute approximate surface area is 49.3 Å². The minimum absolute atomic E-state index is 0.188. The van der Waals surface area contributed by atoms with Crippen LogP contribution >= 0.6 is 0 Å². The van der Waals surface area contributed by atoms with E-state index in [-0.39, 0.29) is 11.8 Å². The lowest BCUT2D eigenvalue weighted by Gasteiger charge is -1.95. The van der Waals surface area contributed by atoms with Crippen molar-refractivity contribution in [2.24, 2.45) is 5.92 Å². The predicted molar refractivity (Wildman–Crippen MR) is 31.1 cm³/mol. The molecule has 1 radical (unpaired) electrons. The fourth-order valence-corrected chi connectivity index (χ4v) is 0.587. The van der Waals surface area contributed by atoms with Gasteiger partial charge in [-0.1, -0.05) is 0 Å². The van der Waals surface area contributed by atoms with Crippen molar-refractivity contribution >= 4 is 5.91 Å². The Morgan fingerprint density at radius 3 is 3.00 bits per heavy atom. The summed E-state index contributed by atoms with van der Waals surface area (Å²) in [5, 5.41) is 2.74. The zero-order valence-corrected chi connectivity index (χ0v) is 4.98. The summed E-state index contributed by atoms with van der Waals surface area (Å²) in [6.45, 7) is 2.68. The monoisotopic (exact) mass is 112 g/mol. The van der Waals surface area contributed by atoms with Crippen molar-refractivity contribution in [2.45, 2.75) is 13.3 Å². The lowest BCUT2D eigenvalue weighted by atomic mass is 10.4. The van der Waals surface area contributed by atoms with Gasteiger partial charge in [0.1, 0.15) is 0 Å². The first-order valence-corrected chi connectivity index (χ1v) is 2.95. The number of nitrogens with one attached hydrogen (secondary N) is 1. The summed E-state index contributed by atoms with van der Waals surface area (Å²) in [5.41, 5.74) is 0. The van der Waals surface area contributed by atoms with Gasteiger partial charge in [-0.3, -0.25) is 4.79 Å². The number of hydrogen-bond donors (Lipinski definition) is 1. The van der Waals surface area contributed by atoms with Gasteiger partial charge in [0, 0.05) is 12.5 Å². The van der Waals surface area contributed by atoms with Crippen LogP contribution in [0.1, 0.15) is 13.3 Å². The van der Waals surface area contributed by atoms with E-state index in [1.807, 2.05) is 13.3 Å². The second-order valence-electron chi connectivity index (χ2n) is 1.97. The second-order valence-corrected chi connectivity index (χ2v) is 1.97. The summed E-state index contributed by atoms with van der Waals surface area (Å²) in [6.07, 6.45) is 2.98. The molecule has 0 aliphatic heterocycles. The van der Waals surface area contributed by atoms with Crippen molar-refractivity contribution in [3.05, 3.63) is 6.42 Å². The standard InChI is InChI=1S/C6H10NO/c1-2-7-6(8)5-3-4-5/h3,5H,2,4H2,1H3,(H,7,8). The maximum Gasteiger partial charge on any atom is 0.223 e. The molecule has 1 saturated carbocycles. The van der Waals surface area contributed by atoms with Gasteiger partial charge in [0.25, 0.3) is 0 Å². The molecule has 1 amide bonds. The lowest BCUT2D eigenvalue weighted by molar-refractivity contribution is -0.121. The molecule has 2 nitrogen and oxygen atoms in total. The molecule has 0 spiro atoms. The van der Waals surface area contributed by atoms with Crippen molar-refractivity contribution < 1.29 is 4.79 Å². The van der Waals surface area contributed by atoms with Gasteiger partial charge < -0.3 is 5.32 Å². The van der Waals surface area contributed by atoms with E-state index in [2.05, 4.69) is 5.32 Å². The minimum atomic E-state index is 0.188. The van der Waals surface area contributed by atoms with Gasteiger partial charge in [0.05, 0.1) is 0 Å². The van der Waals surface area contributed by atoms with Crippen LogP contribution in [-0.2, 0) is 4.79 Å². The topological polar surface area (TPSA) is 29.1 Å².